The standard InChI is InChI=1S/C21H18F4N4O/c22-16-6-5-15(7-17(16)23)29-11-21(12-29)9-28(10-21)8-13-1-3-14(4-2-13)19-26-27-20(30-19)18(24)25/h1-7,18H,8-12H2. The molecule has 0 amide bonds. The van der Waals surface area contributed by atoms with Crippen molar-refractivity contribution in [1.29, 1.82) is 0 Å². The molecule has 2 saturated heterocycles. The van der Waals surface area contributed by atoms with Crippen molar-refractivity contribution in [3.8, 4) is 11.5 Å². The van der Waals surface area contributed by atoms with Crippen molar-refractivity contribution in [2.75, 3.05) is 31.1 Å². The van der Waals surface area contributed by atoms with E-state index in [0.717, 1.165) is 44.4 Å². The lowest BCUT2D eigenvalue weighted by molar-refractivity contribution is -0.0273. The first-order valence-electron chi connectivity index (χ1n) is 9.54. The molecule has 2 aliphatic heterocycles. The number of hydrogen-bond acceptors (Lipinski definition) is 5. The molecule has 0 unspecified atom stereocenters. The Bertz CT molecular complexity index is 1060. The second kappa shape index (κ2) is 7.09. The van der Waals surface area contributed by atoms with Gasteiger partial charge in [0.1, 0.15) is 0 Å². The quantitative estimate of drug-likeness (QED) is 0.579. The summed E-state index contributed by atoms with van der Waals surface area (Å²) < 4.78 is 56.6. The largest absolute Gasteiger partial charge is 0.415 e. The Labute approximate surface area is 169 Å². The van der Waals surface area contributed by atoms with Crippen molar-refractivity contribution in [3.63, 3.8) is 0 Å². The van der Waals surface area contributed by atoms with Crippen LogP contribution in [0.5, 0.6) is 0 Å². The number of benzene rings is 2. The van der Waals surface area contributed by atoms with Crippen LogP contribution in [0, 0.1) is 17.0 Å². The van der Waals surface area contributed by atoms with Crippen LogP contribution < -0.4 is 4.90 Å². The average molecular weight is 418 g/mol. The zero-order chi connectivity index (χ0) is 20.9. The Morgan fingerprint density at radius 1 is 0.933 bits per heavy atom. The van der Waals surface area contributed by atoms with Gasteiger partial charge in [-0.2, -0.15) is 8.78 Å². The number of rotatable bonds is 5. The van der Waals surface area contributed by atoms with Gasteiger partial charge in [-0.1, -0.05) is 12.1 Å². The van der Waals surface area contributed by atoms with Gasteiger partial charge in [0.25, 0.3) is 5.89 Å². The van der Waals surface area contributed by atoms with Crippen LogP contribution >= 0.6 is 0 Å². The highest BCUT2D eigenvalue weighted by Gasteiger charge is 2.51. The van der Waals surface area contributed by atoms with Crippen molar-refractivity contribution < 1.29 is 22.0 Å². The van der Waals surface area contributed by atoms with Crippen molar-refractivity contribution in [1.82, 2.24) is 15.1 Å². The molecule has 30 heavy (non-hydrogen) atoms. The van der Waals surface area contributed by atoms with E-state index in [0.29, 0.717) is 11.3 Å². The molecule has 0 atom stereocenters. The molecule has 1 spiro atoms. The summed E-state index contributed by atoms with van der Waals surface area (Å²) in [4.78, 5) is 4.38. The van der Waals surface area contributed by atoms with Crippen LogP contribution in [-0.4, -0.2) is 41.3 Å². The summed E-state index contributed by atoms with van der Waals surface area (Å²) >= 11 is 0. The van der Waals surface area contributed by atoms with Crippen molar-refractivity contribution in [2.45, 2.75) is 13.0 Å². The lowest BCUT2D eigenvalue weighted by atomic mass is 9.72. The zero-order valence-electron chi connectivity index (χ0n) is 15.9. The van der Waals surface area contributed by atoms with E-state index in [4.69, 9.17) is 4.42 Å². The van der Waals surface area contributed by atoms with E-state index in [1.54, 1.807) is 18.2 Å². The highest BCUT2D eigenvalue weighted by Crippen LogP contribution is 2.42. The number of anilines is 1. The van der Waals surface area contributed by atoms with E-state index < -0.39 is 24.0 Å². The third-order valence-corrected chi connectivity index (χ3v) is 5.67. The van der Waals surface area contributed by atoms with Crippen LogP contribution in [0.4, 0.5) is 23.2 Å². The van der Waals surface area contributed by atoms with Gasteiger partial charge in [-0.05, 0) is 29.8 Å². The lowest BCUT2D eigenvalue weighted by Crippen LogP contribution is -2.71. The van der Waals surface area contributed by atoms with Crippen molar-refractivity contribution in [2.24, 2.45) is 5.41 Å². The molecule has 0 saturated carbocycles. The van der Waals surface area contributed by atoms with Gasteiger partial charge in [-0.25, -0.2) is 8.78 Å². The number of alkyl halides is 2. The maximum Gasteiger partial charge on any atom is 0.314 e. The highest BCUT2D eigenvalue weighted by molar-refractivity contribution is 5.53. The summed E-state index contributed by atoms with van der Waals surface area (Å²) in [7, 11) is 0. The van der Waals surface area contributed by atoms with Crippen molar-refractivity contribution in [3.05, 3.63) is 65.6 Å². The van der Waals surface area contributed by atoms with Gasteiger partial charge in [0.05, 0.1) is 0 Å². The number of nitrogens with zero attached hydrogens (tertiary/aromatic N) is 4. The van der Waals surface area contributed by atoms with E-state index in [-0.39, 0.29) is 11.3 Å². The smallest absolute Gasteiger partial charge is 0.314 e. The molecule has 2 aliphatic rings. The van der Waals surface area contributed by atoms with Gasteiger partial charge < -0.3 is 9.32 Å². The molecule has 9 heteroatoms. The molecule has 5 nitrogen and oxygen atoms in total. The van der Waals surface area contributed by atoms with E-state index >= 15 is 0 Å². The Morgan fingerprint density at radius 3 is 2.30 bits per heavy atom. The van der Waals surface area contributed by atoms with Gasteiger partial charge in [0, 0.05) is 55.5 Å². The predicted octanol–water partition coefficient (Wildman–Crippen LogP) is 4.27. The molecule has 0 aliphatic carbocycles. The van der Waals surface area contributed by atoms with Crippen LogP contribution in [0.2, 0.25) is 0 Å². The Morgan fingerprint density at radius 2 is 1.67 bits per heavy atom. The first-order chi connectivity index (χ1) is 14.4. The summed E-state index contributed by atoms with van der Waals surface area (Å²) in [5.74, 6) is -2.26. The van der Waals surface area contributed by atoms with Crippen LogP contribution in [0.15, 0.2) is 46.9 Å². The van der Waals surface area contributed by atoms with Gasteiger partial charge in [0.15, 0.2) is 11.6 Å². The average Bonchev–Trinajstić information content (AvgIpc) is 3.16. The maximum atomic E-state index is 13.4. The predicted molar refractivity (Wildman–Crippen MR) is 101 cm³/mol. The molecule has 5 rings (SSSR count). The highest BCUT2D eigenvalue weighted by atomic mass is 19.3. The van der Waals surface area contributed by atoms with Crippen LogP contribution in [0.3, 0.4) is 0 Å². The molecule has 2 fully saturated rings. The Kier molecular flexibility index (Phi) is 4.50. The third-order valence-electron chi connectivity index (χ3n) is 5.67. The molecule has 156 valence electrons. The second-order valence-electron chi connectivity index (χ2n) is 8.04. The van der Waals surface area contributed by atoms with Gasteiger partial charge in [-0.15, -0.1) is 10.2 Å². The van der Waals surface area contributed by atoms with Crippen LogP contribution in [0.25, 0.3) is 11.5 Å². The first-order valence-corrected chi connectivity index (χ1v) is 9.54. The molecule has 0 radical (unpaired) electrons. The van der Waals surface area contributed by atoms with E-state index in [1.165, 1.54) is 6.07 Å². The number of likely N-dealkylation sites (tertiary alicyclic amines) is 1. The summed E-state index contributed by atoms with van der Waals surface area (Å²) in [6.07, 6.45) is -2.78. The summed E-state index contributed by atoms with van der Waals surface area (Å²) in [5.41, 5.74) is 2.61. The Balaban J connectivity index is 1.14. The molecule has 3 heterocycles. The fourth-order valence-electron chi connectivity index (χ4n) is 4.29. The summed E-state index contributed by atoms with van der Waals surface area (Å²) in [6.45, 7) is 4.32. The Hall–Kier alpha value is -2.94. The molecule has 2 aromatic carbocycles. The monoisotopic (exact) mass is 418 g/mol. The molecular weight excluding hydrogens is 400 g/mol. The van der Waals surface area contributed by atoms with Gasteiger partial charge in [0.2, 0.25) is 5.89 Å². The fourth-order valence-corrected chi connectivity index (χ4v) is 4.29. The van der Waals surface area contributed by atoms with Crippen molar-refractivity contribution >= 4 is 5.69 Å². The normalized spacial score (nSPS) is 18.0. The van der Waals surface area contributed by atoms with E-state index in [9.17, 15) is 17.6 Å². The lowest BCUT2D eigenvalue weighted by Gasteiger charge is -2.61. The second-order valence-corrected chi connectivity index (χ2v) is 8.04. The fraction of sp³-hybridized carbons (Fsp3) is 0.333. The topological polar surface area (TPSA) is 45.4 Å². The first kappa shape index (κ1) is 19.0. The molecule has 3 aromatic rings. The minimum atomic E-state index is -2.78. The minimum Gasteiger partial charge on any atom is -0.415 e. The molecule has 1 aromatic heterocycles. The van der Waals surface area contributed by atoms with E-state index in [1.807, 2.05) is 12.1 Å². The van der Waals surface area contributed by atoms with E-state index in [2.05, 4.69) is 20.0 Å². The number of hydrogen-bond donors (Lipinski definition) is 0. The third kappa shape index (κ3) is 3.43. The molecule has 0 bridgehead atoms. The SMILES string of the molecule is Fc1ccc(N2CC3(CN(Cc4ccc(-c5nnc(C(F)F)o5)cc4)C3)C2)cc1F. The zero-order valence-corrected chi connectivity index (χ0v) is 15.9. The maximum absolute atomic E-state index is 13.4. The van der Waals surface area contributed by atoms with Gasteiger partial charge >= 0.3 is 6.43 Å². The minimum absolute atomic E-state index is 0.0755. The number of aromatic nitrogens is 2. The molecule has 0 N–H and O–H groups in total. The van der Waals surface area contributed by atoms with Crippen LogP contribution in [0.1, 0.15) is 17.9 Å². The van der Waals surface area contributed by atoms with Crippen LogP contribution in [-0.2, 0) is 6.54 Å². The summed E-state index contributed by atoms with van der Waals surface area (Å²) in [5, 5.41) is 6.99. The molecular formula is C21H18F4N4O. The number of halogens is 4. The summed E-state index contributed by atoms with van der Waals surface area (Å²) in [6, 6.07) is 11.4. The van der Waals surface area contributed by atoms with Gasteiger partial charge in [-0.3, -0.25) is 4.90 Å².